The lowest BCUT2D eigenvalue weighted by Crippen LogP contribution is -2.31. The van der Waals surface area contributed by atoms with Gasteiger partial charge in [0.15, 0.2) is 0 Å². The highest BCUT2D eigenvalue weighted by Gasteiger charge is 2.38. The van der Waals surface area contributed by atoms with E-state index in [1.807, 2.05) is 6.07 Å². The van der Waals surface area contributed by atoms with E-state index in [0.717, 1.165) is 0 Å². The second kappa shape index (κ2) is 7.30. The van der Waals surface area contributed by atoms with Crippen LogP contribution in [0.25, 0.3) is 0 Å². The summed E-state index contributed by atoms with van der Waals surface area (Å²) in [7, 11) is -1.79. The zero-order valence-electron chi connectivity index (χ0n) is 13.7. The third kappa shape index (κ3) is 3.45. The molecule has 2 rings (SSSR count). The topological polar surface area (TPSA) is 146 Å². The van der Waals surface area contributed by atoms with Crippen LogP contribution in [0.5, 0.6) is 5.75 Å². The van der Waals surface area contributed by atoms with Gasteiger partial charge in [0.25, 0.3) is 0 Å². The molecule has 1 aliphatic heterocycles. The number of carbonyl (C=O) groups excluding carboxylic acids is 1. The lowest BCUT2D eigenvalue weighted by molar-refractivity contribution is -0.139. The van der Waals surface area contributed by atoms with Crippen molar-refractivity contribution in [1.82, 2.24) is 0 Å². The Morgan fingerprint density at radius 1 is 1.48 bits per heavy atom. The molecule has 0 bridgehead atoms. The fraction of sp³-hybridized carbons (Fsp3) is 0.250. The predicted octanol–water partition coefficient (Wildman–Crippen LogP) is -0.283. The molecule has 0 spiro atoms. The van der Waals surface area contributed by atoms with Gasteiger partial charge in [-0.05, 0) is 25.4 Å². The standard InChI is InChI=1S/C16H17BN2O6/c1-3-24-16(21)13-8(2)25-15(19)11(7-18)14(13)10-6-9(17(22)23)4-5-12(10)20/h4-6,14,20,22-23H,3,19H2,1-2H3. The van der Waals surface area contributed by atoms with E-state index in [-0.39, 0.29) is 46.2 Å². The van der Waals surface area contributed by atoms with Crippen molar-refractivity contribution in [1.29, 1.82) is 5.26 Å². The van der Waals surface area contributed by atoms with Gasteiger partial charge < -0.3 is 30.4 Å². The highest BCUT2D eigenvalue weighted by Crippen LogP contribution is 2.42. The predicted molar refractivity (Wildman–Crippen MR) is 87.9 cm³/mol. The molecule has 1 aromatic carbocycles. The number of ether oxygens (including phenoxy) is 2. The molecule has 1 atom stereocenters. The third-order valence-corrected chi connectivity index (χ3v) is 3.76. The quantitative estimate of drug-likeness (QED) is 0.431. The molecule has 9 heteroatoms. The monoisotopic (exact) mass is 344 g/mol. The van der Waals surface area contributed by atoms with Crippen molar-refractivity contribution in [2.75, 3.05) is 6.61 Å². The van der Waals surface area contributed by atoms with Gasteiger partial charge in [-0.1, -0.05) is 12.1 Å². The van der Waals surface area contributed by atoms with Crippen LogP contribution in [0, 0.1) is 11.3 Å². The number of phenols is 1. The van der Waals surface area contributed by atoms with Gasteiger partial charge in [-0.25, -0.2) is 4.79 Å². The molecule has 0 saturated heterocycles. The van der Waals surface area contributed by atoms with E-state index in [1.165, 1.54) is 25.1 Å². The molecule has 130 valence electrons. The van der Waals surface area contributed by atoms with Gasteiger partial charge in [0, 0.05) is 5.56 Å². The minimum Gasteiger partial charge on any atom is -0.508 e. The number of aromatic hydroxyl groups is 1. The maximum absolute atomic E-state index is 12.4. The zero-order valence-corrected chi connectivity index (χ0v) is 13.7. The van der Waals surface area contributed by atoms with Gasteiger partial charge in [0.1, 0.15) is 23.2 Å². The molecule has 0 aliphatic carbocycles. The Morgan fingerprint density at radius 2 is 2.16 bits per heavy atom. The van der Waals surface area contributed by atoms with Crippen LogP contribution in [0.1, 0.15) is 25.3 Å². The number of hydrogen-bond acceptors (Lipinski definition) is 8. The van der Waals surface area contributed by atoms with Gasteiger partial charge in [0.05, 0.1) is 18.1 Å². The van der Waals surface area contributed by atoms with Crippen molar-refractivity contribution < 1.29 is 29.4 Å². The summed E-state index contributed by atoms with van der Waals surface area (Å²) >= 11 is 0. The summed E-state index contributed by atoms with van der Waals surface area (Å²) in [5, 5.41) is 38.4. The van der Waals surface area contributed by atoms with Crippen LogP contribution in [0.4, 0.5) is 0 Å². The second-order valence-corrected chi connectivity index (χ2v) is 5.31. The van der Waals surface area contributed by atoms with Gasteiger partial charge in [0.2, 0.25) is 5.88 Å². The lowest BCUT2D eigenvalue weighted by Gasteiger charge is -2.27. The van der Waals surface area contributed by atoms with E-state index in [1.54, 1.807) is 6.92 Å². The maximum atomic E-state index is 12.4. The molecule has 0 fully saturated rings. The van der Waals surface area contributed by atoms with Gasteiger partial charge in [-0.2, -0.15) is 5.26 Å². The maximum Gasteiger partial charge on any atom is 0.488 e. The van der Waals surface area contributed by atoms with E-state index in [9.17, 15) is 25.2 Å². The number of nitriles is 1. The Morgan fingerprint density at radius 3 is 2.72 bits per heavy atom. The number of esters is 1. The van der Waals surface area contributed by atoms with Crippen LogP contribution < -0.4 is 11.2 Å². The van der Waals surface area contributed by atoms with Crippen LogP contribution in [0.2, 0.25) is 0 Å². The van der Waals surface area contributed by atoms with Crippen LogP contribution in [-0.4, -0.2) is 34.8 Å². The van der Waals surface area contributed by atoms with Crippen LogP contribution in [0.3, 0.4) is 0 Å². The number of nitrogens with zero attached hydrogens (tertiary/aromatic N) is 1. The van der Waals surface area contributed by atoms with Gasteiger partial charge >= 0.3 is 13.1 Å². The highest BCUT2D eigenvalue weighted by molar-refractivity contribution is 6.58. The number of carbonyl (C=O) groups is 1. The normalized spacial score (nSPS) is 17.0. The number of rotatable bonds is 4. The number of benzene rings is 1. The number of hydrogen-bond donors (Lipinski definition) is 4. The van der Waals surface area contributed by atoms with Crippen molar-refractivity contribution in [2.45, 2.75) is 19.8 Å². The van der Waals surface area contributed by atoms with Crippen molar-refractivity contribution >= 4 is 18.6 Å². The van der Waals surface area contributed by atoms with Crippen LogP contribution in [0.15, 0.2) is 41.0 Å². The first-order chi connectivity index (χ1) is 11.8. The summed E-state index contributed by atoms with van der Waals surface area (Å²) in [5.74, 6) is -2.09. The molecule has 1 aromatic rings. The molecule has 0 amide bonds. The van der Waals surface area contributed by atoms with Crippen molar-refractivity contribution in [3.63, 3.8) is 0 Å². The first-order valence-electron chi connectivity index (χ1n) is 7.46. The zero-order chi connectivity index (χ0) is 18.7. The molecular formula is C16H17BN2O6. The fourth-order valence-electron chi connectivity index (χ4n) is 2.63. The fourth-order valence-corrected chi connectivity index (χ4v) is 2.63. The molecular weight excluding hydrogens is 327 g/mol. The van der Waals surface area contributed by atoms with Crippen LogP contribution in [-0.2, 0) is 14.3 Å². The van der Waals surface area contributed by atoms with Gasteiger partial charge in [-0.3, -0.25) is 0 Å². The molecule has 5 N–H and O–H groups in total. The first kappa shape index (κ1) is 18.4. The Kier molecular flexibility index (Phi) is 5.36. The van der Waals surface area contributed by atoms with Crippen molar-refractivity contribution in [3.05, 3.63) is 46.6 Å². The van der Waals surface area contributed by atoms with Gasteiger partial charge in [-0.15, -0.1) is 0 Å². The largest absolute Gasteiger partial charge is 0.508 e. The van der Waals surface area contributed by atoms with Crippen molar-refractivity contribution in [2.24, 2.45) is 5.73 Å². The molecule has 0 aromatic heterocycles. The van der Waals surface area contributed by atoms with E-state index >= 15 is 0 Å². The minimum atomic E-state index is -1.79. The Labute approximate surface area is 144 Å². The summed E-state index contributed by atoms with van der Waals surface area (Å²) in [6.45, 7) is 3.22. The Balaban J connectivity index is 2.71. The Bertz CT molecular complexity index is 809. The molecule has 8 nitrogen and oxygen atoms in total. The minimum absolute atomic E-state index is 0.00693. The van der Waals surface area contributed by atoms with E-state index < -0.39 is 19.0 Å². The molecule has 1 heterocycles. The summed E-state index contributed by atoms with van der Waals surface area (Å²) in [4.78, 5) is 12.4. The molecule has 0 radical (unpaired) electrons. The van der Waals surface area contributed by atoms with Crippen molar-refractivity contribution in [3.8, 4) is 11.8 Å². The molecule has 1 aliphatic rings. The van der Waals surface area contributed by atoms with E-state index in [4.69, 9.17) is 15.2 Å². The molecule has 1 unspecified atom stereocenters. The summed E-state index contributed by atoms with van der Waals surface area (Å²) in [6, 6.07) is 5.71. The SMILES string of the molecule is CCOC(=O)C1=C(C)OC(N)=C(C#N)C1c1cc(B(O)O)ccc1O. The van der Waals surface area contributed by atoms with Crippen LogP contribution >= 0.6 is 0 Å². The second-order valence-electron chi connectivity index (χ2n) is 5.31. The summed E-state index contributed by atoms with van der Waals surface area (Å²) in [5.41, 5.74) is 5.86. The molecule has 0 saturated carbocycles. The molecule has 25 heavy (non-hydrogen) atoms. The summed E-state index contributed by atoms with van der Waals surface area (Å²) in [6.07, 6.45) is 0. The van der Waals surface area contributed by atoms with E-state index in [0.29, 0.717) is 0 Å². The number of allylic oxidation sites excluding steroid dienone is 2. The smallest absolute Gasteiger partial charge is 0.488 e. The average Bonchev–Trinajstić information content (AvgIpc) is 2.54. The lowest BCUT2D eigenvalue weighted by atomic mass is 9.75. The average molecular weight is 344 g/mol. The van der Waals surface area contributed by atoms with E-state index in [2.05, 4.69) is 0 Å². The summed E-state index contributed by atoms with van der Waals surface area (Å²) < 4.78 is 10.3. The highest BCUT2D eigenvalue weighted by atomic mass is 16.5. The number of nitrogens with two attached hydrogens (primary N) is 1. The Hall–Kier alpha value is -2.96. The number of phenolic OH excluding ortho intramolecular Hbond substituents is 1. The first-order valence-corrected chi connectivity index (χ1v) is 7.46. The third-order valence-electron chi connectivity index (χ3n) is 3.76.